The van der Waals surface area contributed by atoms with Crippen molar-refractivity contribution >= 4 is 27.3 Å². The first-order valence-corrected chi connectivity index (χ1v) is 6.51. The number of hydrogen-bond donors (Lipinski definition) is 1. The third-order valence-corrected chi connectivity index (χ3v) is 5.14. The zero-order chi connectivity index (χ0) is 10.4. The molecule has 0 saturated heterocycles. The first kappa shape index (κ1) is 10.7. The van der Waals surface area contributed by atoms with E-state index in [1.165, 1.54) is 4.88 Å². The molecule has 0 radical (unpaired) electrons. The van der Waals surface area contributed by atoms with Crippen molar-refractivity contribution in [2.24, 2.45) is 5.41 Å². The summed E-state index contributed by atoms with van der Waals surface area (Å²) in [6, 6.07) is 4.15. The molecule has 0 aromatic carbocycles. The largest absolute Gasteiger partial charge is 0.389 e. The molecule has 1 heterocycles. The summed E-state index contributed by atoms with van der Waals surface area (Å²) >= 11 is 5.17. The van der Waals surface area contributed by atoms with Gasteiger partial charge >= 0.3 is 0 Å². The van der Waals surface area contributed by atoms with Crippen molar-refractivity contribution in [1.82, 2.24) is 0 Å². The minimum absolute atomic E-state index is 0.0868. The Morgan fingerprint density at radius 2 is 2.14 bits per heavy atom. The lowest BCUT2D eigenvalue weighted by molar-refractivity contribution is -0.146. The molecule has 0 aliphatic heterocycles. The summed E-state index contributed by atoms with van der Waals surface area (Å²) in [7, 11) is 0. The Morgan fingerprint density at radius 1 is 1.43 bits per heavy atom. The summed E-state index contributed by atoms with van der Waals surface area (Å²) in [5, 5.41) is 10.4. The van der Waals surface area contributed by atoms with E-state index in [1.807, 2.05) is 0 Å². The highest BCUT2D eigenvalue weighted by Gasteiger charge is 2.51. The van der Waals surface area contributed by atoms with Gasteiger partial charge in [0.2, 0.25) is 0 Å². The van der Waals surface area contributed by atoms with E-state index in [4.69, 9.17) is 0 Å². The molecule has 1 fully saturated rings. The van der Waals surface area contributed by atoms with Gasteiger partial charge in [-0.2, -0.15) is 0 Å². The highest BCUT2D eigenvalue weighted by molar-refractivity contribution is 9.11. The first-order chi connectivity index (χ1) is 6.43. The number of rotatable bonds is 2. The fourth-order valence-corrected chi connectivity index (χ4v) is 3.57. The summed E-state index contributed by atoms with van der Waals surface area (Å²) in [4.78, 5) is 1.27. The molecule has 0 spiro atoms. The summed E-state index contributed by atoms with van der Waals surface area (Å²) in [6.45, 7) is 4.30. The van der Waals surface area contributed by atoms with Crippen LogP contribution in [0.15, 0.2) is 15.9 Å². The van der Waals surface area contributed by atoms with Crippen molar-refractivity contribution in [3.05, 3.63) is 20.8 Å². The molecule has 3 heteroatoms. The van der Waals surface area contributed by atoms with E-state index in [0.29, 0.717) is 0 Å². The van der Waals surface area contributed by atoms with Gasteiger partial charge in [-0.1, -0.05) is 13.8 Å². The highest BCUT2D eigenvalue weighted by atomic mass is 79.9. The summed E-state index contributed by atoms with van der Waals surface area (Å²) < 4.78 is 1.15. The lowest BCUT2D eigenvalue weighted by Gasteiger charge is -2.52. The first-order valence-electron chi connectivity index (χ1n) is 4.90. The van der Waals surface area contributed by atoms with Crippen LogP contribution in [0.4, 0.5) is 0 Å². The van der Waals surface area contributed by atoms with E-state index in [2.05, 4.69) is 41.9 Å². The molecule has 0 amide bonds. The second-order valence-electron chi connectivity index (χ2n) is 4.80. The van der Waals surface area contributed by atoms with Crippen LogP contribution in [-0.4, -0.2) is 10.7 Å². The van der Waals surface area contributed by atoms with Crippen LogP contribution in [0.5, 0.6) is 0 Å². The van der Waals surface area contributed by atoms with Crippen molar-refractivity contribution in [2.45, 2.75) is 38.7 Å². The van der Waals surface area contributed by atoms with E-state index >= 15 is 0 Å². The van der Waals surface area contributed by atoms with E-state index in [1.54, 1.807) is 11.3 Å². The van der Waals surface area contributed by atoms with Gasteiger partial charge in [-0.25, -0.2) is 0 Å². The van der Waals surface area contributed by atoms with E-state index in [9.17, 15) is 5.11 Å². The van der Waals surface area contributed by atoms with Gasteiger partial charge in [-0.15, -0.1) is 11.3 Å². The predicted octanol–water partition coefficient (Wildman–Crippen LogP) is 3.60. The highest BCUT2D eigenvalue weighted by Crippen LogP contribution is 2.51. The summed E-state index contributed by atoms with van der Waals surface area (Å²) in [6.07, 6.45) is 2.88. The van der Waals surface area contributed by atoms with Crippen molar-refractivity contribution in [3.63, 3.8) is 0 Å². The van der Waals surface area contributed by atoms with Crippen molar-refractivity contribution in [3.8, 4) is 0 Å². The zero-order valence-corrected chi connectivity index (χ0v) is 10.9. The minimum atomic E-state index is -0.475. The quantitative estimate of drug-likeness (QED) is 0.874. The number of thiophene rings is 1. The van der Waals surface area contributed by atoms with Crippen LogP contribution in [0.2, 0.25) is 0 Å². The topological polar surface area (TPSA) is 20.2 Å². The standard InChI is InChI=1S/C11H15BrOS/c1-10(2)5-6-11(10,13)7-8-3-4-9(12)14-8/h3-4,13H,5-7H2,1-2H3. The molecule has 78 valence electrons. The van der Waals surface area contributed by atoms with Crippen molar-refractivity contribution < 1.29 is 5.11 Å². The van der Waals surface area contributed by atoms with Gasteiger partial charge in [-0.05, 0) is 46.3 Å². The van der Waals surface area contributed by atoms with E-state index in [-0.39, 0.29) is 5.41 Å². The van der Waals surface area contributed by atoms with Crippen LogP contribution in [0.25, 0.3) is 0 Å². The fraction of sp³-hybridized carbons (Fsp3) is 0.636. The summed E-state index contributed by atoms with van der Waals surface area (Å²) in [5.41, 5.74) is -0.388. The molecule has 1 saturated carbocycles. The maximum atomic E-state index is 10.4. The van der Waals surface area contributed by atoms with Crippen LogP contribution in [0, 0.1) is 5.41 Å². The van der Waals surface area contributed by atoms with E-state index in [0.717, 1.165) is 23.0 Å². The molecule has 1 atom stereocenters. The van der Waals surface area contributed by atoms with Gasteiger partial charge in [0, 0.05) is 11.3 Å². The monoisotopic (exact) mass is 274 g/mol. The second-order valence-corrected chi connectivity index (χ2v) is 7.35. The van der Waals surface area contributed by atoms with Crippen LogP contribution in [0.3, 0.4) is 0 Å². The molecule has 1 aliphatic rings. The maximum absolute atomic E-state index is 10.4. The second kappa shape index (κ2) is 3.32. The molecule has 1 aromatic heterocycles. The summed E-state index contributed by atoms with van der Waals surface area (Å²) in [5.74, 6) is 0. The van der Waals surface area contributed by atoms with Gasteiger partial charge in [0.25, 0.3) is 0 Å². The Balaban J connectivity index is 2.11. The van der Waals surface area contributed by atoms with E-state index < -0.39 is 5.60 Å². The Hall–Kier alpha value is 0.140. The maximum Gasteiger partial charge on any atom is 0.0746 e. The van der Waals surface area contributed by atoms with Gasteiger partial charge in [-0.3, -0.25) is 0 Å². The molecule has 1 nitrogen and oxygen atoms in total. The molecule has 1 N–H and O–H groups in total. The van der Waals surface area contributed by atoms with Gasteiger partial charge in [0.15, 0.2) is 0 Å². The van der Waals surface area contributed by atoms with Crippen LogP contribution < -0.4 is 0 Å². The van der Waals surface area contributed by atoms with Gasteiger partial charge < -0.3 is 5.11 Å². The van der Waals surface area contributed by atoms with Crippen LogP contribution in [0.1, 0.15) is 31.6 Å². The third kappa shape index (κ3) is 1.66. The third-order valence-electron chi connectivity index (χ3n) is 3.52. The SMILES string of the molecule is CC1(C)CCC1(O)Cc1ccc(Br)s1. The minimum Gasteiger partial charge on any atom is -0.389 e. The molecule has 1 aromatic rings. The number of aliphatic hydroxyl groups is 1. The van der Waals surface area contributed by atoms with Crippen LogP contribution >= 0.6 is 27.3 Å². The molecule has 1 unspecified atom stereocenters. The fourth-order valence-electron chi connectivity index (χ4n) is 1.98. The smallest absolute Gasteiger partial charge is 0.0746 e. The van der Waals surface area contributed by atoms with Gasteiger partial charge in [0.05, 0.1) is 9.39 Å². The Morgan fingerprint density at radius 3 is 2.50 bits per heavy atom. The van der Waals surface area contributed by atoms with Crippen LogP contribution in [-0.2, 0) is 6.42 Å². The average molecular weight is 275 g/mol. The Bertz CT molecular complexity index is 345. The lowest BCUT2D eigenvalue weighted by Crippen LogP contribution is -2.55. The normalized spacial score (nSPS) is 30.0. The number of hydrogen-bond acceptors (Lipinski definition) is 2. The van der Waals surface area contributed by atoms with Crippen molar-refractivity contribution in [1.29, 1.82) is 0 Å². The molecule has 14 heavy (non-hydrogen) atoms. The zero-order valence-electron chi connectivity index (χ0n) is 8.51. The Kier molecular flexibility index (Phi) is 2.53. The van der Waals surface area contributed by atoms with Crippen molar-refractivity contribution in [2.75, 3.05) is 0 Å². The Labute approximate surface area is 97.3 Å². The number of halogens is 1. The molecule has 2 rings (SSSR count). The average Bonchev–Trinajstić information content (AvgIpc) is 2.49. The molecule has 0 bridgehead atoms. The predicted molar refractivity (Wildman–Crippen MR) is 63.7 cm³/mol. The molecular weight excluding hydrogens is 260 g/mol. The lowest BCUT2D eigenvalue weighted by atomic mass is 9.57. The molecule has 1 aliphatic carbocycles. The molecular formula is C11H15BrOS. The van der Waals surface area contributed by atoms with Gasteiger partial charge in [0.1, 0.15) is 0 Å².